The molecule has 0 bridgehead atoms. The average molecular weight is 280 g/mol. The first-order valence-electron chi connectivity index (χ1n) is 8.59. The lowest BCUT2D eigenvalue weighted by Crippen LogP contribution is -2.09. The monoisotopic (exact) mass is 280 g/mol. The Hall–Kier alpha value is -1.57. The molecule has 21 heavy (non-hydrogen) atoms. The molecule has 0 atom stereocenters. The Kier molecular flexibility index (Phi) is 3.54. The maximum Gasteiger partial charge on any atom is 0.0694 e. The van der Waals surface area contributed by atoms with Gasteiger partial charge in [-0.15, -0.1) is 0 Å². The van der Waals surface area contributed by atoms with Crippen LogP contribution in [0, 0.1) is 0 Å². The van der Waals surface area contributed by atoms with E-state index in [0.29, 0.717) is 0 Å². The van der Waals surface area contributed by atoms with Gasteiger partial charge in [0.2, 0.25) is 0 Å². The van der Waals surface area contributed by atoms with Crippen LogP contribution in [-0.4, -0.2) is 9.78 Å². The summed E-state index contributed by atoms with van der Waals surface area (Å²) in [7, 11) is 0. The number of para-hydroxylation sites is 1. The molecule has 0 spiro atoms. The van der Waals surface area contributed by atoms with E-state index in [1.165, 1.54) is 74.9 Å². The SMILES string of the molecule is c1ccc(-n2nc(C3CCCCC3)c3c2CCCC3)cc1. The third-order valence-corrected chi connectivity index (χ3v) is 5.20. The molecule has 4 rings (SSSR count). The molecule has 1 saturated carbocycles. The van der Waals surface area contributed by atoms with Crippen LogP contribution in [-0.2, 0) is 12.8 Å². The van der Waals surface area contributed by atoms with Gasteiger partial charge in [-0.3, -0.25) is 0 Å². The number of aromatic nitrogens is 2. The number of benzene rings is 1. The lowest BCUT2D eigenvalue weighted by atomic mass is 9.83. The highest BCUT2D eigenvalue weighted by Crippen LogP contribution is 2.37. The Bertz CT molecular complexity index is 606. The van der Waals surface area contributed by atoms with E-state index in [-0.39, 0.29) is 0 Å². The zero-order chi connectivity index (χ0) is 14.1. The fourth-order valence-corrected chi connectivity index (χ4v) is 4.11. The van der Waals surface area contributed by atoms with Crippen LogP contribution in [0.1, 0.15) is 67.8 Å². The van der Waals surface area contributed by atoms with E-state index < -0.39 is 0 Å². The lowest BCUT2D eigenvalue weighted by Gasteiger charge is -2.22. The third kappa shape index (κ3) is 2.41. The molecule has 1 fully saturated rings. The van der Waals surface area contributed by atoms with Crippen LogP contribution in [0.4, 0.5) is 0 Å². The summed E-state index contributed by atoms with van der Waals surface area (Å²) < 4.78 is 2.25. The van der Waals surface area contributed by atoms with Crippen molar-refractivity contribution in [2.24, 2.45) is 0 Å². The lowest BCUT2D eigenvalue weighted by molar-refractivity contribution is 0.432. The zero-order valence-corrected chi connectivity index (χ0v) is 12.7. The van der Waals surface area contributed by atoms with E-state index in [0.717, 1.165) is 5.92 Å². The summed E-state index contributed by atoms with van der Waals surface area (Å²) in [6.45, 7) is 0. The second kappa shape index (κ2) is 5.67. The largest absolute Gasteiger partial charge is 0.237 e. The molecule has 0 unspecified atom stereocenters. The second-order valence-electron chi connectivity index (χ2n) is 6.60. The van der Waals surface area contributed by atoms with Gasteiger partial charge in [0.15, 0.2) is 0 Å². The number of fused-ring (bicyclic) bond motifs is 1. The van der Waals surface area contributed by atoms with Gasteiger partial charge >= 0.3 is 0 Å². The molecule has 0 saturated heterocycles. The van der Waals surface area contributed by atoms with Crippen molar-refractivity contribution in [3.8, 4) is 5.69 Å². The molecule has 2 aliphatic rings. The predicted molar refractivity (Wildman–Crippen MR) is 86.0 cm³/mol. The number of hydrogen-bond acceptors (Lipinski definition) is 1. The Morgan fingerprint density at radius 1 is 0.857 bits per heavy atom. The van der Waals surface area contributed by atoms with Crippen LogP contribution in [0.3, 0.4) is 0 Å². The molecule has 110 valence electrons. The quantitative estimate of drug-likeness (QED) is 0.772. The molecule has 2 nitrogen and oxygen atoms in total. The van der Waals surface area contributed by atoms with Gasteiger partial charge in [0.1, 0.15) is 0 Å². The molecule has 0 radical (unpaired) electrons. The fourth-order valence-electron chi connectivity index (χ4n) is 4.11. The maximum atomic E-state index is 5.10. The van der Waals surface area contributed by atoms with Crippen LogP contribution >= 0.6 is 0 Å². The van der Waals surface area contributed by atoms with Crippen molar-refractivity contribution in [3.05, 3.63) is 47.3 Å². The van der Waals surface area contributed by atoms with E-state index >= 15 is 0 Å². The van der Waals surface area contributed by atoms with Crippen molar-refractivity contribution in [3.63, 3.8) is 0 Å². The highest BCUT2D eigenvalue weighted by atomic mass is 15.3. The highest BCUT2D eigenvalue weighted by molar-refractivity contribution is 5.40. The standard InChI is InChI=1S/C19H24N2/c1-3-9-15(10-4-1)19-17-13-7-8-14-18(17)21(20-19)16-11-5-2-6-12-16/h2,5-6,11-12,15H,1,3-4,7-10,13-14H2. The van der Waals surface area contributed by atoms with Gasteiger partial charge in [-0.1, -0.05) is 37.5 Å². The Balaban J connectivity index is 1.79. The Labute approximate surface area is 127 Å². The number of rotatable bonds is 2. The van der Waals surface area contributed by atoms with Gasteiger partial charge in [0.05, 0.1) is 11.4 Å². The zero-order valence-electron chi connectivity index (χ0n) is 12.7. The summed E-state index contributed by atoms with van der Waals surface area (Å²) >= 11 is 0. The first-order chi connectivity index (χ1) is 10.4. The average Bonchev–Trinajstić information content (AvgIpc) is 2.96. The molecule has 1 aromatic carbocycles. The van der Waals surface area contributed by atoms with Gasteiger partial charge in [-0.05, 0) is 56.2 Å². The molecular formula is C19H24N2. The van der Waals surface area contributed by atoms with Gasteiger partial charge in [0.25, 0.3) is 0 Å². The minimum absolute atomic E-state index is 0.718. The van der Waals surface area contributed by atoms with Gasteiger partial charge < -0.3 is 0 Å². The number of hydrogen-bond donors (Lipinski definition) is 0. The van der Waals surface area contributed by atoms with Crippen molar-refractivity contribution in [2.45, 2.75) is 63.7 Å². The summed E-state index contributed by atoms with van der Waals surface area (Å²) in [5, 5.41) is 5.10. The maximum absolute atomic E-state index is 5.10. The molecule has 1 aromatic heterocycles. The van der Waals surface area contributed by atoms with E-state index in [1.54, 1.807) is 5.56 Å². The van der Waals surface area contributed by atoms with Crippen molar-refractivity contribution in [2.75, 3.05) is 0 Å². The van der Waals surface area contributed by atoms with Crippen LogP contribution in [0.25, 0.3) is 5.69 Å². The first-order valence-corrected chi connectivity index (χ1v) is 8.59. The van der Waals surface area contributed by atoms with Gasteiger partial charge in [-0.25, -0.2) is 4.68 Å². The van der Waals surface area contributed by atoms with E-state index in [9.17, 15) is 0 Å². The molecule has 0 N–H and O–H groups in total. The molecule has 2 aliphatic carbocycles. The van der Waals surface area contributed by atoms with E-state index in [2.05, 4.69) is 35.0 Å². The van der Waals surface area contributed by atoms with Crippen LogP contribution in [0.5, 0.6) is 0 Å². The summed E-state index contributed by atoms with van der Waals surface area (Å²) in [6.07, 6.45) is 12.0. The summed E-state index contributed by atoms with van der Waals surface area (Å²) in [6, 6.07) is 10.7. The molecule has 2 heteroatoms. The summed E-state index contributed by atoms with van der Waals surface area (Å²) in [5.41, 5.74) is 5.76. The summed E-state index contributed by atoms with van der Waals surface area (Å²) in [5.74, 6) is 0.718. The Morgan fingerprint density at radius 2 is 1.62 bits per heavy atom. The smallest absolute Gasteiger partial charge is 0.0694 e. The summed E-state index contributed by atoms with van der Waals surface area (Å²) in [4.78, 5) is 0. The van der Waals surface area contributed by atoms with Crippen LogP contribution in [0.15, 0.2) is 30.3 Å². The molecular weight excluding hydrogens is 256 g/mol. The van der Waals surface area contributed by atoms with E-state index in [4.69, 9.17) is 5.10 Å². The molecule has 2 aromatic rings. The minimum Gasteiger partial charge on any atom is -0.237 e. The molecule has 0 amide bonds. The van der Waals surface area contributed by atoms with Crippen molar-refractivity contribution in [1.29, 1.82) is 0 Å². The topological polar surface area (TPSA) is 17.8 Å². The second-order valence-corrected chi connectivity index (χ2v) is 6.60. The predicted octanol–water partition coefficient (Wildman–Crippen LogP) is 4.80. The van der Waals surface area contributed by atoms with Crippen molar-refractivity contribution in [1.82, 2.24) is 9.78 Å². The Morgan fingerprint density at radius 3 is 2.43 bits per heavy atom. The highest BCUT2D eigenvalue weighted by Gasteiger charge is 2.27. The van der Waals surface area contributed by atoms with Crippen LogP contribution < -0.4 is 0 Å². The van der Waals surface area contributed by atoms with Crippen molar-refractivity contribution >= 4 is 0 Å². The van der Waals surface area contributed by atoms with Gasteiger partial charge in [-0.2, -0.15) is 5.10 Å². The van der Waals surface area contributed by atoms with Crippen LogP contribution in [0.2, 0.25) is 0 Å². The van der Waals surface area contributed by atoms with Gasteiger partial charge in [0, 0.05) is 11.6 Å². The van der Waals surface area contributed by atoms with E-state index in [1.807, 2.05) is 0 Å². The number of nitrogens with zero attached hydrogens (tertiary/aromatic N) is 2. The normalized spacial score (nSPS) is 19.4. The minimum atomic E-state index is 0.718. The molecule has 1 heterocycles. The van der Waals surface area contributed by atoms with Crippen molar-refractivity contribution < 1.29 is 0 Å². The molecule has 0 aliphatic heterocycles. The third-order valence-electron chi connectivity index (χ3n) is 5.20. The fraction of sp³-hybridized carbons (Fsp3) is 0.526. The first kappa shape index (κ1) is 13.1.